The third kappa shape index (κ3) is 2.28. The summed E-state index contributed by atoms with van der Waals surface area (Å²) in [5.41, 5.74) is 1.90. The Morgan fingerprint density at radius 1 is 1.37 bits per heavy atom. The molecule has 0 aliphatic carbocycles. The maximum atomic E-state index is 11.9. The van der Waals surface area contributed by atoms with Gasteiger partial charge in [-0.15, -0.1) is 0 Å². The number of fused-ring (bicyclic) bond motifs is 1. The van der Waals surface area contributed by atoms with Crippen LogP contribution in [0, 0.1) is 3.57 Å². The van der Waals surface area contributed by atoms with Gasteiger partial charge in [0.05, 0.1) is 6.04 Å². The van der Waals surface area contributed by atoms with Gasteiger partial charge in [-0.3, -0.25) is 19.8 Å². The van der Waals surface area contributed by atoms with E-state index in [2.05, 4.69) is 27.9 Å². The van der Waals surface area contributed by atoms with Gasteiger partial charge in [0.25, 0.3) is 0 Å². The molecule has 0 spiro atoms. The van der Waals surface area contributed by atoms with E-state index in [9.17, 15) is 14.7 Å². The third-order valence-corrected chi connectivity index (χ3v) is 4.33. The Balaban J connectivity index is 1.85. The molecule has 0 saturated carbocycles. The van der Waals surface area contributed by atoms with Crippen molar-refractivity contribution in [1.29, 1.82) is 0 Å². The lowest BCUT2D eigenvalue weighted by Crippen LogP contribution is -2.51. The Bertz CT molecular complexity index is 561. The number of carbonyl (C=O) groups is 2. The summed E-state index contributed by atoms with van der Waals surface area (Å²) in [4.78, 5) is 24.8. The minimum atomic E-state index is -0.768. The molecule has 1 saturated heterocycles. The highest BCUT2D eigenvalue weighted by molar-refractivity contribution is 14.1. The Labute approximate surface area is 124 Å². The number of nitrogens with one attached hydrogen (secondary N) is 1. The number of carbonyl (C=O) groups excluding carboxylic acids is 2. The molecular weight excluding hydrogens is 359 g/mol. The molecule has 2 amide bonds. The molecule has 2 N–H and O–H groups in total. The first-order valence-electron chi connectivity index (χ1n) is 6.12. The van der Waals surface area contributed by atoms with Crippen molar-refractivity contribution in [1.82, 2.24) is 10.2 Å². The average Bonchev–Trinajstić information content (AvgIpc) is 2.66. The average molecular weight is 372 g/mol. The first-order valence-corrected chi connectivity index (χ1v) is 7.20. The highest BCUT2D eigenvalue weighted by atomic mass is 127. The van der Waals surface area contributed by atoms with E-state index in [1.807, 2.05) is 18.2 Å². The van der Waals surface area contributed by atoms with Crippen LogP contribution in [0.5, 0.6) is 0 Å². The molecule has 0 bridgehead atoms. The molecule has 1 aromatic carbocycles. The summed E-state index contributed by atoms with van der Waals surface area (Å²) in [5, 5.41) is 12.7. The first kappa shape index (κ1) is 13.0. The Kier molecular flexibility index (Phi) is 3.32. The number of aliphatic hydroxyl groups excluding tert-OH is 1. The molecule has 1 aromatic rings. The number of hydrogen-bond donors (Lipinski definition) is 2. The van der Waals surface area contributed by atoms with Gasteiger partial charge in [-0.2, -0.15) is 0 Å². The SMILES string of the molecule is O=C1CCC(N2Cc3cc(I)ccc3C2O)C(=O)N1. The summed E-state index contributed by atoms with van der Waals surface area (Å²) >= 11 is 2.22. The fraction of sp³-hybridized carbons (Fsp3) is 0.385. The second-order valence-corrected chi connectivity index (χ2v) is 6.10. The van der Waals surface area contributed by atoms with E-state index in [0.717, 1.165) is 14.7 Å². The number of hydrogen-bond acceptors (Lipinski definition) is 4. The molecule has 19 heavy (non-hydrogen) atoms. The van der Waals surface area contributed by atoms with Gasteiger partial charge in [0.15, 0.2) is 0 Å². The van der Waals surface area contributed by atoms with Crippen LogP contribution in [-0.4, -0.2) is 27.9 Å². The van der Waals surface area contributed by atoms with Gasteiger partial charge >= 0.3 is 0 Å². The largest absolute Gasteiger partial charge is 0.374 e. The second-order valence-electron chi connectivity index (χ2n) is 4.86. The van der Waals surface area contributed by atoms with Crippen LogP contribution in [0.15, 0.2) is 18.2 Å². The van der Waals surface area contributed by atoms with Crippen molar-refractivity contribution in [2.45, 2.75) is 31.7 Å². The lowest BCUT2D eigenvalue weighted by molar-refractivity contribution is -0.141. The molecule has 3 rings (SSSR count). The van der Waals surface area contributed by atoms with Crippen molar-refractivity contribution in [3.8, 4) is 0 Å². The zero-order chi connectivity index (χ0) is 13.6. The van der Waals surface area contributed by atoms with Crippen LogP contribution in [0.25, 0.3) is 0 Å². The topological polar surface area (TPSA) is 69.6 Å². The number of rotatable bonds is 1. The fourth-order valence-electron chi connectivity index (χ4n) is 2.70. The van der Waals surface area contributed by atoms with Crippen molar-refractivity contribution >= 4 is 34.4 Å². The number of halogens is 1. The van der Waals surface area contributed by atoms with Gasteiger partial charge in [0.2, 0.25) is 11.8 Å². The highest BCUT2D eigenvalue weighted by Crippen LogP contribution is 2.35. The van der Waals surface area contributed by atoms with Crippen LogP contribution >= 0.6 is 22.6 Å². The van der Waals surface area contributed by atoms with E-state index in [0.29, 0.717) is 19.4 Å². The minimum Gasteiger partial charge on any atom is -0.374 e. The maximum Gasteiger partial charge on any atom is 0.244 e. The molecule has 1 fully saturated rings. The number of aliphatic hydroxyl groups is 1. The van der Waals surface area contributed by atoms with E-state index in [1.165, 1.54) is 0 Å². The predicted molar refractivity (Wildman–Crippen MR) is 75.8 cm³/mol. The second kappa shape index (κ2) is 4.84. The zero-order valence-corrected chi connectivity index (χ0v) is 12.3. The summed E-state index contributed by atoms with van der Waals surface area (Å²) in [7, 11) is 0. The number of imide groups is 1. The van der Waals surface area contributed by atoms with Gasteiger partial charge in [-0.25, -0.2) is 0 Å². The lowest BCUT2D eigenvalue weighted by Gasteiger charge is -2.31. The molecule has 2 aliphatic rings. The number of piperidine rings is 1. The summed E-state index contributed by atoms with van der Waals surface area (Å²) in [6, 6.07) is 5.42. The molecular formula is C13H13IN2O3. The molecule has 100 valence electrons. The third-order valence-electron chi connectivity index (χ3n) is 3.66. The summed E-state index contributed by atoms with van der Waals surface area (Å²) in [5.74, 6) is -0.542. The molecule has 2 unspecified atom stereocenters. The number of amides is 2. The van der Waals surface area contributed by atoms with E-state index in [1.54, 1.807) is 4.90 Å². The van der Waals surface area contributed by atoms with Crippen LogP contribution in [0.3, 0.4) is 0 Å². The van der Waals surface area contributed by atoms with Crippen molar-refractivity contribution in [3.05, 3.63) is 32.9 Å². The monoisotopic (exact) mass is 372 g/mol. The van der Waals surface area contributed by atoms with E-state index in [4.69, 9.17) is 0 Å². The standard InChI is InChI=1S/C13H13IN2O3/c14-8-1-2-9-7(5-8)6-16(13(9)19)10-3-4-11(17)15-12(10)18/h1-2,5,10,13,19H,3-4,6H2,(H,15,17,18). The van der Waals surface area contributed by atoms with Crippen molar-refractivity contribution < 1.29 is 14.7 Å². The minimum absolute atomic E-state index is 0.234. The van der Waals surface area contributed by atoms with Gasteiger partial charge < -0.3 is 5.11 Å². The molecule has 2 atom stereocenters. The molecule has 2 heterocycles. The summed E-state index contributed by atoms with van der Waals surface area (Å²) in [6.07, 6.45) is 0.0243. The fourth-order valence-corrected chi connectivity index (χ4v) is 3.26. The van der Waals surface area contributed by atoms with Crippen LogP contribution in [0.2, 0.25) is 0 Å². The van der Waals surface area contributed by atoms with Gasteiger partial charge in [-0.05, 0) is 52.3 Å². The Morgan fingerprint density at radius 3 is 2.89 bits per heavy atom. The summed E-state index contributed by atoms with van der Waals surface area (Å²) < 4.78 is 1.11. The van der Waals surface area contributed by atoms with E-state index < -0.39 is 12.3 Å². The van der Waals surface area contributed by atoms with E-state index >= 15 is 0 Å². The van der Waals surface area contributed by atoms with Gasteiger partial charge in [0, 0.05) is 16.5 Å². The molecule has 5 nitrogen and oxygen atoms in total. The summed E-state index contributed by atoms with van der Waals surface area (Å²) in [6.45, 7) is 0.541. The molecule has 2 aliphatic heterocycles. The molecule has 0 radical (unpaired) electrons. The van der Waals surface area contributed by atoms with Gasteiger partial charge in [0.1, 0.15) is 6.23 Å². The van der Waals surface area contributed by atoms with Crippen molar-refractivity contribution in [3.63, 3.8) is 0 Å². The Morgan fingerprint density at radius 2 is 2.16 bits per heavy atom. The Hall–Kier alpha value is -0.990. The molecule has 0 aromatic heterocycles. The number of benzene rings is 1. The van der Waals surface area contributed by atoms with E-state index in [-0.39, 0.29) is 11.8 Å². The smallest absolute Gasteiger partial charge is 0.244 e. The zero-order valence-electron chi connectivity index (χ0n) is 10.1. The van der Waals surface area contributed by atoms with Crippen LogP contribution in [-0.2, 0) is 16.1 Å². The number of nitrogens with zero attached hydrogens (tertiary/aromatic N) is 1. The molecule has 6 heteroatoms. The van der Waals surface area contributed by atoms with Crippen LogP contribution < -0.4 is 5.32 Å². The highest BCUT2D eigenvalue weighted by Gasteiger charge is 2.39. The van der Waals surface area contributed by atoms with Gasteiger partial charge in [-0.1, -0.05) is 6.07 Å². The van der Waals surface area contributed by atoms with Crippen LogP contribution in [0.1, 0.15) is 30.2 Å². The first-order chi connectivity index (χ1) is 9.06. The van der Waals surface area contributed by atoms with Crippen molar-refractivity contribution in [2.24, 2.45) is 0 Å². The lowest BCUT2D eigenvalue weighted by atomic mass is 10.0. The quantitative estimate of drug-likeness (QED) is 0.568. The normalized spacial score (nSPS) is 27.3. The van der Waals surface area contributed by atoms with Crippen LogP contribution in [0.4, 0.5) is 0 Å². The maximum absolute atomic E-state index is 11.9. The predicted octanol–water partition coefficient (Wildman–Crippen LogP) is 0.903. The van der Waals surface area contributed by atoms with Crippen molar-refractivity contribution in [2.75, 3.05) is 0 Å².